The van der Waals surface area contributed by atoms with E-state index >= 15 is 0 Å². The summed E-state index contributed by atoms with van der Waals surface area (Å²) in [7, 11) is 0. The highest BCUT2D eigenvalue weighted by molar-refractivity contribution is 7.20. The van der Waals surface area contributed by atoms with E-state index in [9.17, 15) is 4.79 Å². The highest BCUT2D eigenvalue weighted by Gasteiger charge is 2.21. The van der Waals surface area contributed by atoms with Crippen molar-refractivity contribution in [3.05, 3.63) is 28.9 Å². The lowest BCUT2D eigenvalue weighted by Crippen LogP contribution is -2.26. The fraction of sp³-hybridized carbons (Fsp3) is 0.438. The van der Waals surface area contributed by atoms with Crippen LogP contribution in [0.25, 0.3) is 10.2 Å². The van der Waals surface area contributed by atoms with Gasteiger partial charge in [-0.3, -0.25) is 4.79 Å². The van der Waals surface area contributed by atoms with Gasteiger partial charge in [0.15, 0.2) is 0 Å². The van der Waals surface area contributed by atoms with Gasteiger partial charge < -0.3 is 15.3 Å². The second-order valence-corrected chi connectivity index (χ2v) is 6.38. The number of fused-ring (bicyclic) bond motifs is 1. The van der Waals surface area contributed by atoms with Crippen molar-refractivity contribution in [3.63, 3.8) is 0 Å². The Balaban J connectivity index is 2.50. The number of hydrogen-bond donors (Lipinski definition) is 2. The van der Waals surface area contributed by atoms with Crippen LogP contribution in [0.5, 0.6) is 0 Å². The molecule has 6 nitrogen and oxygen atoms in total. The zero-order valence-corrected chi connectivity index (χ0v) is 14.5. The van der Waals surface area contributed by atoms with E-state index in [-0.39, 0.29) is 19.1 Å². The number of carbonyl (C=O) groups is 1. The minimum Gasteiger partial charge on any atom is -0.395 e. The first-order chi connectivity index (χ1) is 11.0. The number of amides is 1. The Bertz CT molecular complexity index is 726. The molecule has 0 aromatic carbocycles. The number of aryl methyl sites for hydroxylation is 1. The van der Waals surface area contributed by atoms with Gasteiger partial charge in [-0.2, -0.15) is 0 Å². The van der Waals surface area contributed by atoms with Gasteiger partial charge in [0.2, 0.25) is 0 Å². The molecule has 2 aromatic heterocycles. The van der Waals surface area contributed by atoms with Crippen LogP contribution in [0.1, 0.15) is 29.1 Å². The topological polar surface area (TPSA) is 78.4 Å². The van der Waals surface area contributed by atoms with Crippen molar-refractivity contribution in [2.75, 3.05) is 31.1 Å². The second-order valence-electron chi connectivity index (χ2n) is 5.38. The molecular weight excluding hydrogens is 312 g/mol. The van der Waals surface area contributed by atoms with Crippen LogP contribution < -0.4 is 10.2 Å². The van der Waals surface area contributed by atoms with Gasteiger partial charge in [0.05, 0.1) is 16.9 Å². The Morgan fingerprint density at radius 2 is 2.22 bits per heavy atom. The Morgan fingerprint density at radius 3 is 2.83 bits per heavy atom. The summed E-state index contributed by atoms with van der Waals surface area (Å²) in [6.07, 6.45) is 1.53. The first kappa shape index (κ1) is 17.4. The number of aliphatic hydroxyl groups excluding tert-OH is 1. The van der Waals surface area contributed by atoms with Crippen LogP contribution in [0.4, 0.5) is 5.82 Å². The summed E-state index contributed by atoms with van der Waals surface area (Å²) < 4.78 is 0. The molecule has 0 aliphatic carbocycles. The first-order valence-corrected chi connectivity index (χ1v) is 8.33. The average Bonchev–Trinajstić information content (AvgIpc) is 2.87. The molecule has 0 aliphatic heterocycles. The molecule has 2 aromatic rings. The molecule has 7 heteroatoms. The van der Waals surface area contributed by atoms with Gasteiger partial charge in [0, 0.05) is 19.6 Å². The van der Waals surface area contributed by atoms with Crippen LogP contribution in [-0.2, 0) is 0 Å². The normalized spacial score (nSPS) is 10.8. The van der Waals surface area contributed by atoms with Gasteiger partial charge in [-0.1, -0.05) is 12.2 Å². The van der Waals surface area contributed by atoms with E-state index < -0.39 is 0 Å². The molecule has 2 rings (SSSR count). The average molecular weight is 334 g/mol. The zero-order chi connectivity index (χ0) is 17.0. The molecule has 0 fully saturated rings. The lowest BCUT2D eigenvalue weighted by atomic mass is 10.1. The Labute approximate surface area is 139 Å². The SMILES string of the molecule is C=C(C)CN(CC)c1ncnc2sc(C(=O)NCCO)c(C)c12. The van der Waals surface area contributed by atoms with E-state index in [0.717, 1.165) is 33.7 Å². The van der Waals surface area contributed by atoms with Crippen LogP contribution in [0.2, 0.25) is 0 Å². The standard InChI is InChI=1S/C16H22N4O2S/c1-5-20(8-10(2)3)14-12-11(4)13(15(22)17-6-7-21)23-16(12)19-9-18-14/h9,21H,2,5-8H2,1,3-4H3,(H,17,22). The van der Waals surface area contributed by atoms with E-state index in [1.165, 1.54) is 17.7 Å². The first-order valence-electron chi connectivity index (χ1n) is 7.52. The van der Waals surface area contributed by atoms with Crippen molar-refractivity contribution in [1.82, 2.24) is 15.3 Å². The molecule has 2 heterocycles. The summed E-state index contributed by atoms with van der Waals surface area (Å²) in [5.74, 6) is 0.643. The molecule has 0 spiro atoms. The van der Waals surface area contributed by atoms with E-state index in [0.29, 0.717) is 11.4 Å². The minimum absolute atomic E-state index is 0.0804. The molecule has 2 N–H and O–H groups in total. The van der Waals surface area contributed by atoms with Gasteiger partial charge in [0.25, 0.3) is 5.91 Å². The number of thiophene rings is 1. The summed E-state index contributed by atoms with van der Waals surface area (Å²) in [4.78, 5) is 24.5. The summed E-state index contributed by atoms with van der Waals surface area (Å²) in [5.41, 5.74) is 1.92. The molecule has 0 radical (unpaired) electrons. The number of aliphatic hydroxyl groups is 1. The van der Waals surface area contributed by atoms with E-state index in [1.54, 1.807) is 0 Å². The predicted molar refractivity (Wildman–Crippen MR) is 94.3 cm³/mol. The van der Waals surface area contributed by atoms with Crippen molar-refractivity contribution >= 4 is 33.3 Å². The lowest BCUT2D eigenvalue weighted by molar-refractivity contribution is 0.0948. The Morgan fingerprint density at radius 1 is 1.48 bits per heavy atom. The summed E-state index contributed by atoms with van der Waals surface area (Å²) in [6.45, 7) is 11.6. The quantitative estimate of drug-likeness (QED) is 0.758. The third-order valence-electron chi connectivity index (χ3n) is 3.45. The minimum atomic E-state index is -0.187. The van der Waals surface area contributed by atoms with Gasteiger partial charge in [-0.05, 0) is 26.3 Å². The predicted octanol–water partition coefficient (Wildman–Crippen LogP) is 2.12. The van der Waals surface area contributed by atoms with Gasteiger partial charge >= 0.3 is 0 Å². The maximum absolute atomic E-state index is 12.2. The van der Waals surface area contributed by atoms with Crippen molar-refractivity contribution in [2.24, 2.45) is 0 Å². The fourth-order valence-corrected chi connectivity index (χ4v) is 3.48. The molecular formula is C16H22N4O2S. The molecule has 23 heavy (non-hydrogen) atoms. The molecule has 0 saturated heterocycles. The van der Waals surface area contributed by atoms with Crippen LogP contribution in [0.3, 0.4) is 0 Å². The molecule has 0 unspecified atom stereocenters. The second kappa shape index (κ2) is 7.52. The van der Waals surface area contributed by atoms with Crippen LogP contribution >= 0.6 is 11.3 Å². The fourth-order valence-electron chi connectivity index (χ4n) is 2.42. The highest BCUT2D eigenvalue weighted by Crippen LogP contribution is 2.34. The number of anilines is 1. The van der Waals surface area contributed by atoms with Crippen LogP contribution in [0, 0.1) is 6.92 Å². The van der Waals surface area contributed by atoms with E-state index in [4.69, 9.17) is 5.11 Å². The third-order valence-corrected chi connectivity index (χ3v) is 4.65. The van der Waals surface area contributed by atoms with Crippen LogP contribution in [0.15, 0.2) is 18.5 Å². The van der Waals surface area contributed by atoms with Crippen molar-refractivity contribution in [1.29, 1.82) is 0 Å². The number of aromatic nitrogens is 2. The summed E-state index contributed by atoms with van der Waals surface area (Å²) in [5, 5.41) is 12.5. The number of likely N-dealkylation sites (N-methyl/N-ethyl adjacent to an activating group) is 1. The summed E-state index contributed by atoms with van der Waals surface area (Å²) in [6, 6.07) is 0. The highest BCUT2D eigenvalue weighted by atomic mass is 32.1. The number of nitrogens with one attached hydrogen (secondary N) is 1. The summed E-state index contributed by atoms with van der Waals surface area (Å²) >= 11 is 1.35. The zero-order valence-electron chi connectivity index (χ0n) is 13.7. The van der Waals surface area contributed by atoms with E-state index in [2.05, 4.69) is 33.7 Å². The van der Waals surface area contributed by atoms with Crippen molar-refractivity contribution in [2.45, 2.75) is 20.8 Å². The third kappa shape index (κ3) is 3.68. The maximum Gasteiger partial charge on any atom is 0.261 e. The number of nitrogens with zero attached hydrogens (tertiary/aromatic N) is 3. The molecule has 0 bridgehead atoms. The number of rotatable bonds is 7. The Hall–Kier alpha value is -1.99. The lowest BCUT2D eigenvalue weighted by Gasteiger charge is -2.22. The number of hydrogen-bond acceptors (Lipinski definition) is 6. The molecule has 124 valence electrons. The number of carbonyl (C=O) groups excluding carboxylic acids is 1. The van der Waals surface area contributed by atoms with Crippen LogP contribution in [-0.4, -0.2) is 47.2 Å². The molecule has 0 aliphatic rings. The van der Waals surface area contributed by atoms with Gasteiger partial charge in [-0.25, -0.2) is 9.97 Å². The molecule has 0 saturated carbocycles. The van der Waals surface area contributed by atoms with Crippen molar-refractivity contribution in [3.8, 4) is 0 Å². The van der Waals surface area contributed by atoms with Gasteiger partial charge in [0.1, 0.15) is 17.0 Å². The smallest absolute Gasteiger partial charge is 0.261 e. The Kier molecular flexibility index (Phi) is 5.68. The monoisotopic (exact) mass is 334 g/mol. The molecule has 1 amide bonds. The van der Waals surface area contributed by atoms with Crippen molar-refractivity contribution < 1.29 is 9.90 Å². The largest absolute Gasteiger partial charge is 0.395 e. The van der Waals surface area contributed by atoms with Gasteiger partial charge in [-0.15, -0.1) is 11.3 Å². The maximum atomic E-state index is 12.2. The molecule has 0 atom stereocenters. The van der Waals surface area contributed by atoms with E-state index in [1.807, 2.05) is 13.8 Å².